The normalized spacial score (nSPS) is 12.2. The van der Waals surface area contributed by atoms with E-state index in [1.54, 1.807) is 13.1 Å². The molecular formula is C13H24N2O3. The molecule has 0 atom stereocenters. The van der Waals surface area contributed by atoms with Crippen molar-refractivity contribution in [2.24, 2.45) is 5.41 Å². The topological polar surface area (TPSA) is 67.4 Å². The average molecular weight is 256 g/mol. The van der Waals surface area contributed by atoms with E-state index in [1.165, 1.54) is 7.11 Å². The van der Waals surface area contributed by atoms with Crippen LogP contribution in [0.25, 0.3) is 0 Å². The van der Waals surface area contributed by atoms with Gasteiger partial charge in [0.1, 0.15) is 0 Å². The van der Waals surface area contributed by atoms with Gasteiger partial charge in [-0.25, -0.2) is 4.79 Å². The summed E-state index contributed by atoms with van der Waals surface area (Å²) < 4.78 is 4.66. The number of rotatable bonds is 7. The van der Waals surface area contributed by atoms with Crippen molar-refractivity contribution in [3.8, 4) is 0 Å². The Balaban J connectivity index is 4.23. The maximum Gasteiger partial charge on any atom is 0.333 e. The minimum absolute atomic E-state index is 0.0114. The monoisotopic (exact) mass is 256 g/mol. The van der Waals surface area contributed by atoms with Crippen molar-refractivity contribution in [1.82, 2.24) is 10.6 Å². The van der Waals surface area contributed by atoms with Gasteiger partial charge in [0.2, 0.25) is 5.91 Å². The van der Waals surface area contributed by atoms with Gasteiger partial charge in [-0.1, -0.05) is 13.0 Å². The smallest absolute Gasteiger partial charge is 0.333 e. The molecule has 0 aromatic carbocycles. The highest BCUT2D eigenvalue weighted by molar-refractivity contribution is 5.88. The molecular weight excluding hydrogens is 232 g/mol. The van der Waals surface area contributed by atoms with Crippen LogP contribution in [0.1, 0.15) is 27.2 Å². The zero-order valence-corrected chi connectivity index (χ0v) is 11.9. The van der Waals surface area contributed by atoms with Gasteiger partial charge in [-0.2, -0.15) is 0 Å². The Kier molecular flexibility index (Phi) is 7.27. The lowest BCUT2D eigenvalue weighted by Crippen LogP contribution is -2.42. The first-order valence-corrected chi connectivity index (χ1v) is 6.09. The van der Waals surface area contributed by atoms with E-state index in [0.29, 0.717) is 25.1 Å². The molecule has 18 heavy (non-hydrogen) atoms. The predicted molar refractivity (Wildman–Crippen MR) is 71.1 cm³/mol. The first-order chi connectivity index (χ1) is 8.38. The fourth-order valence-electron chi connectivity index (χ4n) is 1.50. The highest BCUT2D eigenvalue weighted by Crippen LogP contribution is 2.13. The van der Waals surface area contributed by atoms with Crippen LogP contribution in [0, 0.1) is 5.41 Å². The summed E-state index contributed by atoms with van der Waals surface area (Å²) in [4.78, 5) is 22.8. The fraction of sp³-hybridized carbons (Fsp3) is 0.692. The number of carbonyl (C=O) groups is 2. The lowest BCUT2D eigenvalue weighted by atomic mass is 9.92. The minimum atomic E-state index is -0.472. The molecule has 0 spiro atoms. The van der Waals surface area contributed by atoms with E-state index in [1.807, 2.05) is 20.8 Å². The number of hydrogen-bond acceptors (Lipinski definition) is 4. The molecule has 0 aromatic rings. The second-order valence-corrected chi connectivity index (χ2v) is 4.67. The first-order valence-electron chi connectivity index (χ1n) is 6.09. The van der Waals surface area contributed by atoms with Crippen LogP contribution in [0.2, 0.25) is 0 Å². The van der Waals surface area contributed by atoms with Crippen molar-refractivity contribution in [2.45, 2.75) is 27.2 Å². The van der Waals surface area contributed by atoms with Crippen molar-refractivity contribution in [2.75, 3.05) is 27.2 Å². The van der Waals surface area contributed by atoms with E-state index in [-0.39, 0.29) is 11.9 Å². The summed E-state index contributed by atoms with van der Waals surface area (Å²) in [6, 6.07) is 0. The van der Waals surface area contributed by atoms with Gasteiger partial charge in [-0.3, -0.25) is 4.79 Å². The van der Waals surface area contributed by atoms with Crippen LogP contribution in [0.4, 0.5) is 0 Å². The minimum Gasteiger partial charge on any atom is -0.466 e. The first kappa shape index (κ1) is 16.6. The van der Waals surface area contributed by atoms with Crippen LogP contribution >= 0.6 is 0 Å². The van der Waals surface area contributed by atoms with E-state index in [2.05, 4.69) is 15.4 Å². The molecule has 0 aromatic heterocycles. The molecule has 0 unspecified atom stereocenters. The number of amides is 1. The summed E-state index contributed by atoms with van der Waals surface area (Å²) in [6.07, 6.45) is 2.43. The van der Waals surface area contributed by atoms with Crippen LogP contribution in [0.15, 0.2) is 11.6 Å². The summed E-state index contributed by atoms with van der Waals surface area (Å²) in [5.74, 6) is -0.312. The maximum atomic E-state index is 11.5. The highest BCUT2D eigenvalue weighted by Gasteiger charge is 2.25. The van der Waals surface area contributed by atoms with Gasteiger partial charge in [-0.05, 0) is 20.3 Å². The standard InChI is InChI=1S/C13H24N2O3/c1-6-10(11(16)18-5)7-8-15-9-13(2,3)12(17)14-4/h7,15H,6,8-9H2,1-5H3,(H,14,17). The third kappa shape index (κ3) is 5.31. The van der Waals surface area contributed by atoms with Gasteiger partial charge < -0.3 is 15.4 Å². The Bertz CT molecular complexity index is 322. The summed E-state index contributed by atoms with van der Waals surface area (Å²) in [5.41, 5.74) is 0.169. The molecule has 104 valence electrons. The molecule has 5 heteroatoms. The Morgan fingerprint density at radius 2 is 1.94 bits per heavy atom. The van der Waals surface area contributed by atoms with Gasteiger partial charge in [0, 0.05) is 25.7 Å². The average Bonchev–Trinajstić information content (AvgIpc) is 2.36. The Morgan fingerprint density at radius 3 is 2.39 bits per heavy atom. The second-order valence-electron chi connectivity index (χ2n) is 4.67. The Hall–Kier alpha value is -1.36. The maximum absolute atomic E-state index is 11.5. The molecule has 0 saturated carbocycles. The predicted octanol–water partition coefficient (Wildman–Crippen LogP) is 0.858. The molecule has 0 saturated heterocycles. The lowest BCUT2D eigenvalue weighted by molar-refractivity contribution is -0.136. The second kappa shape index (κ2) is 7.87. The molecule has 0 fully saturated rings. The number of ether oxygens (including phenoxy) is 1. The molecule has 0 heterocycles. The zero-order chi connectivity index (χ0) is 14.2. The number of nitrogens with one attached hydrogen (secondary N) is 2. The van der Waals surface area contributed by atoms with Crippen molar-refractivity contribution in [3.63, 3.8) is 0 Å². The van der Waals surface area contributed by atoms with Crippen molar-refractivity contribution in [3.05, 3.63) is 11.6 Å². The van der Waals surface area contributed by atoms with Gasteiger partial charge >= 0.3 is 5.97 Å². The number of carbonyl (C=O) groups excluding carboxylic acids is 2. The summed E-state index contributed by atoms with van der Waals surface area (Å²) in [7, 11) is 2.99. The van der Waals surface area contributed by atoms with Crippen LogP contribution in [-0.2, 0) is 14.3 Å². The molecule has 0 radical (unpaired) electrons. The van der Waals surface area contributed by atoms with E-state index < -0.39 is 5.41 Å². The third-order valence-electron chi connectivity index (χ3n) is 2.73. The van der Waals surface area contributed by atoms with E-state index in [4.69, 9.17) is 0 Å². The molecule has 5 nitrogen and oxygen atoms in total. The SMILES string of the molecule is CCC(=CCNCC(C)(C)C(=O)NC)C(=O)OC. The fourth-order valence-corrected chi connectivity index (χ4v) is 1.50. The van der Waals surface area contributed by atoms with E-state index in [9.17, 15) is 9.59 Å². The molecule has 1 amide bonds. The van der Waals surface area contributed by atoms with Gasteiger partial charge in [0.25, 0.3) is 0 Å². The van der Waals surface area contributed by atoms with Crippen LogP contribution in [0.5, 0.6) is 0 Å². The van der Waals surface area contributed by atoms with E-state index in [0.717, 1.165) is 0 Å². The molecule has 0 aliphatic rings. The molecule has 2 N–H and O–H groups in total. The Morgan fingerprint density at radius 1 is 1.33 bits per heavy atom. The van der Waals surface area contributed by atoms with Crippen molar-refractivity contribution < 1.29 is 14.3 Å². The number of hydrogen-bond donors (Lipinski definition) is 2. The molecule has 0 aliphatic heterocycles. The third-order valence-corrected chi connectivity index (χ3v) is 2.73. The largest absolute Gasteiger partial charge is 0.466 e. The van der Waals surface area contributed by atoms with Crippen molar-refractivity contribution >= 4 is 11.9 Å². The van der Waals surface area contributed by atoms with Crippen LogP contribution in [0.3, 0.4) is 0 Å². The molecule has 0 aliphatic carbocycles. The van der Waals surface area contributed by atoms with E-state index >= 15 is 0 Å². The lowest BCUT2D eigenvalue weighted by Gasteiger charge is -2.22. The zero-order valence-electron chi connectivity index (χ0n) is 11.9. The summed E-state index contributed by atoms with van der Waals surface area (Å²) >= 11 is 0. The van der Waals surface area contributed by atoms with Gasteiger partial charge in [0.05, 0.1) is 12.5 Å². The van der Waals surface area contributed by atoms with Crippen LogP contribution in [-0.4, -0.2) is 39.1 Å². The van der Waals surface area contributed by atoms with Gasteiger partial charge in [-0.15, -0.1) is 0 Å². The summed E-state index contributed by atoms with van der Waals surface area (Å²) in [5, 5.41) is 5.76. The quantitative estimate of drug-likeness (QED) is 0.403. The molecule has 0 bridgehead atoms. The summed E-state index contributed by atoms with van der Waals surface area (Å²) in [6.45, 7) is 6.71. The number of esters is 1. The molecule has 0 rings (SSSR count). The number of methoxy groups -OCH3 is 1. The highest BCUT2D eigenvalue weighted by atomic mass is 16.5. The van der Waals surface area contributed by atoms with Gasteiger partial charge in [0.15, 0.2) is 0 Å². The Labute approximate surface area is 109 Å². The van der Waals surface area contributed by atoms with Crippen molar-refractivity contribution in [1.29, 1.82) is 0 Å². The van der Waals surface area contributed by atoms with Crippen LogP contribution < -0.4 is 10.6 Å².